The van der Waals surface area contributed by atoms with E-state index in [1.165, 1.54) is 6.07 Å². The minimum atomic E-state index is -4.79. The number of hydrogen-bond acceptors (Lipinski definition) is 3. The van der Waals surface area contributed by atoms with E-state index in [4.69, 9.17) is 5.73 Å². The van der Waals surface area contributed by atoms with E-state index in [9.17, 15) is 17.1 Å². The highest BCUT2D eigenvalue weighted by molar-refractivity contribution is 7.86. The van der Waals surface area contributed by atoms with Gasteiger partial charge in [0.05, 0.1) is 4.90 Å². The number of nitrogens with two attached hydrogens (primary N) is 1. The maximum absolute atomic E-state index is 12.6. The molecule has 0 aliphatic rings. The Morgan fingerprint density at radius 2 is 1.93 bits per heavy atom. The average Bonchev–Trinajstić information content (AvgIpc) is 2.01. The quantitative estimate of drug-likeness (QED) is 0.742. The number of hydrogen-bond donors (Lipinski definition) is 1. The zero-order valence-electron chi connectivity index (χ0n) is 7.32. The van der Waals surface area contributed by atoms with Crippen LogP contribution in [0.4, 0.5) is 3.89 Å². The van der Waals surface area contributed by atoms with Gasteiger partial charge in [-0.1, -0.05) is 0 Å². The van der Waals surface area contributed by atoms with E-state index < -0.39 is 21.0 Å². The van der Waals surface area contributed by atoms with Gasteiger partial charge in [-0.3, -0.25) is 4.79 Å². The molecule has 0 bridgehead atoms. The van der Waals surface area contributed by atoms with Crippen molar-refractivity contribution >= 4 is 16.1 Å². The lowest BCUT2D eigenvalue weighted by Gasteiger charge is -2.01. The molecule has 1 aromatic rings. The summed E-state index contributed by atoms with van der Waals surface area (Å²) in [5, 5.41) is 0. The van der Waals surface area contributed by atoms with Gasteiger partial charge in [0.25, 0.3) is 0 Å². The Kier molecular flexibility index (Phi) is 2.57. The lowest BCUT2D eigenvalue weighted by molar-refractivity contribution is 0.1000. The molecule has 6 heteroatoms. The van der Waals surface area contributed by atoms with Crippen LogP contribution in [-0.2, 0) is 10.2 Å². The van der Waals surface area contributed by atoms with E-state index in [1.54, 1.807) is 6.92 Å². The van der Waals surface area contributed by atoms with E-state index in [2.05, 4.69) is 0 Å². The van der Waals surface area contributed by atoms with Crippen LogP contribution in [0.1, 0.15) is 15.9 Å². The summed E-state index contributed by atoms with van der Waals surface area (Å²) in [5.74, 6) is -0.793. The van der Waals surface area contributed by atoms with Crippen LogP contribution >= 0.6 is 0 Å². The van der Waals surface area contributed by atoms with Crippen LogP contribution in [0.3, 0.4) is 0 Å². The van der Waals surface area contributed by atoms with Gasteiger partial charge in [0.15, 0.2) is 0 Å². The summed E-state index contributed by atoms with van der Waals surface area (Å²) in [6.07, 6.45) is 0. The molecular formula is C8H8FNO3S. The van der Waals surface area contributed by atoms with Gasteiger partial charge in [-0.25, -0.2) is 0 Å². The molecule has 0 unspecified atom stereocenters. The zero-order chi connectivity index (χ0) is 10.9. The summed E-state index contributed by atoms with van der Waals surface area (Å²) in [7, 11) is -4.79. The number of carbonyl (C=O) groups excluding carboxylic acids is 1. The fourth-order valence-corrected chi connectivity index (χ4v) is 1.63. The van der Waals surface area contributed by atoms with E-state index in [0.717, 1.165) is 12.1 Å². The molecule has 0 spiro atoms. The molecular weight excluding hydrogens is 209 g/mol. The third-order valence-corrected chi connectivity index (χ3v) is 2.42. The van der Waals surface area contributed by atoms with Gasteiger partial charge in [0.1, 0.15) is 0 Å². The predicted molar refractivity (Wildman–Crippen MR) is 48.0 cm³/mol. The highest BCUT2D eigenvalue weighted by atomic mass is 32.3. The summed E-state index contributed by atoms with van der Waals surface area (Å²) in [6.45, 7) is 1.54. The maximum atomic E-state index is 12.6. The first-order chi connectivity index (χ1) is 6.30. The molecule has 4 nitrogen and oxygen atoms in total. The van der Waals surface area contributed by atoms with E-state index in [-0.39, 0.29) is 5.56 Å². The van der Waals surface area contributed by atoms with E-state index in [1.807, 2.05) is 0 Å². The summed E-state index contributed by atoms with van der Waals surface area (Å²) in [4.78, 5) is 10.2. The van der Waals surface area contributed by atoms with Crippen molar-refractivity contribution in [1.29, 1.82) is 0 Å². The molecule has 1 aromatic carbocycles. The SMILES string of the molecule is Cc1cc(C(N)=O)cc(S(=O)(=O)F)c1. The number of primary amides is 1. The second-order valence-corrected chi connectivity index (χ2v) is 4.18. The molecule has 0 fully saturated rings. The molecule has 0 aliphatic heterocycles. The summed E-state index contributed by atoms with van der Waals surface area (Å²) >= 11 is 0. The van der Waals surface area contributed by atoms with Gasteiger partial charge < -0.3 is 5.73 Å². The zero-order valence-corrected chi connectivity index (χ0v) is 8.14. The van der Waals surface area contributed by atoms with Crippen molar-refractivity contribution in [3.05, 3.63) is 29.3 Å². The Bertz CT molecular complexity index is 481. The molecule has 0 radical (unpaired) electrons. The van der Waals surface area contributed by atoms with Gasteiger partial charge >= 0.3 is 10.2 Å². The second kappa shape index (κ2) is 3.38. The van der Waals surface area contributed by atoms with Crippen LogP contribution in [0, 0.1) is 6.92 Å². The van der Waals surface area contributed by atoms with Crippen molar-refractivity contribution < 1.29 is 17.1 Å². The molecule has 0 atom stereocenters. The molecule has 1 amide bonds. The number of carbonyl (C=O) groups is 1. The number of benzene rings is 1. The molecule has 0 aromatic heterocycles. The second-order valence-electron chi connectivity index (χ2n) is 2.84. The highest BCUT2D eigenvalue weighted by Gasteiger charge is 2.14. The van der Waals surface area contributed by atoms with Crippen LogP contribution < -0.4 is 5.73 Å². The Labute approximate surface area is 80.7 Å². The van der Waals surface area contributed by atoms with Gasteiger partial charge in [-0.15, -0.1) is 3.89 Å². The topological polar surface area (TPSA) is 77.2 Å². The van der Waals surface area contributed by atoms with Crippen molar-refractivity contribution in [2.75, 3.05) is 0 Å². The minimum absolute atomic E-state index is 0.0266. The van der Waals surface area contributed by atoms with Gasteiger partial charge in [-0.2, -0.15) is 8.42 Å². The molecule has 0 aliphatic carbocycles. The fraction of sp³-hybridized carbons (Fsp3) is 0.125. The molecule has 0 heterocycles. The van der Waals surface area contributed by atoms with Gasteiger partial charge in [0, 0.05) is 5.56 Å². The summed E-state index contributed by atoms with van der Waals surface area (Å²) in [5.41, 5.74) is 5.37. The van der Waals surface area contributed by atoms with E-state index in [0.29, 0.717) is 5.56 Å². The van der Waals surface area contributed by atoms with Crippen molar-refractivity contribution in [2.24, 2.45) is 5.73 Å². The normalized spacial score (nSPS) is 11.3. The fourth-order valence-electron chi connectivity index (χ4n) is 1.03. The van der Waals surface area contributed by atoms with Crippen molar-refractivity contribution in [2.45, 2.75) is 11.8 Å². The lowest BCUT2D eigenvalue weighted by Crippen LogP contribution is -2.11. The van der Waals surface area contributed by atoms with Crippen LogP contribution in [0.15, 0.2) is 23.1 Å². The van der Waals surface area contributed by atoms with Crippen LogP contribution in [-0.4, -0.2) is 14.3 Å². The van der Waals surface area contributed by atoms with Crippen LogP contribution in [0.2, 0.25) is 0 Å². The molecule has 14 heavy (non-hydrogen) atoms. The third-order valence-electron chi connectivity index (χ3n) is 1.62. The Balaban J connectivity index is 3.43. The van der Waals surface area contributed by atoms with Crippen molar-refractivity contribution in [3.63, 3.8) is 0 Å². The number of aryl methyl sites for hydroxylation is 1. The molecule has 0 saturated heterocycles. The third kappa shape index (κ3) is 2.29. The number of rotatable bonds is 2. The molecule has 1 rings (SSSR count). The van der Waals surface area contributed by atoms with Gasteiger partial charge in [-0.05, 0) is 30.7 Å². The molecule has 0 saturated carbocycles. The summed E-state index contributed by atoms with van der Waals surface area (Å²) < 4.78 is 33.6. The summed E-state index contributed by atoms with van der Waals surface area (Å²) in [6, 6.07) is 3.42. The largest absolute Gasteiger partial charge is 0.366 e. The van der Waals surface area contributed by atoms with Crippen LogP contribution in [0.5, 0.6) is 0 Å². The smallest absolute Gasteiger partial charge is 0.332 e. The first kappa shape index (κ1) is 10.6. The lowest BCUT2D eigenvalue weighted by atomic mass is 10.1. The number of amides is 1. The predicted octanol–water partition coefficient (Wildman–Crippen LogP) is 0.752. The minimum Gasteiger partial charge on any atom is -0.366 e. The van der Waals surface area contributed by atoms with Gasteiger partial charge in [0.2, 0.25) is 5.91 Å². The van der Waals surface area contributed by atoms with Crippen molar-refractivity contribution in [1.82, 2.24) is 0 Å². The molecule has 76 valence electrons. The monoisotopic (exact) mass is 217 g/mol. The average molecular weight is 217 g/mol. The first-order valence-corrected chi connectivity index (χ1v) is 5.05. The van der Waals surface area contributed by atoms with Crippen LogP contribution in [0.25, 0.3) is 0 Å². The highest BCUT2D eigenvalue weighted by Crippen LogP contribution is 2.16. The maximum Gasteiger partial charge on any atom is 0.332 e. The Morgan fingerprint density at radius 1 is 1.36 bits per heavy atom. The number of halogens is 1. The molecule has 2 N–H and O–H groups in total. The Morgan fingerprint density at radius 3 is 2.36 bits per heavy atom. The standard InChI is InChI=1S/C8H8FNO3S/c1-5-2-6(8(10)11)4-7(3-5)14(9,12)13/h2-4H,1H3,(H2,10,11). The first-order valence-electron chi connectivity index (χ1n) is 3.67. The van der Waals surface area contributed by atoms with E-state index >= 15 is 0 Å². The van der Waals surface area contributed by atoms with Crippen molar-refractivity contribution in [3.8, 4) is 0 Å². The Hall–Kier alpha value is -1.43.